The molecule has 0 aromatic rings. The van der Waals surface area contributed by atoms with Crippen LogP contribution in [0.4, 0.5) is 0 Å². The molecular formula is C59H104N2O7P+. The average Bonchev–Trinajstić information content (AvgIpc) is 3.31. The number of allylic oxidation sites excluding steroid dienone is 15. The first-order valence-electron chi connectivity index (χ1n) is 27.6. The minimum absolute atomic E-state index is 0.0245. The molecule has 0 saturated heterocycles. The van der Waals surface area contributed by atoms with E-state index in [1.165, 1.54) is 89.9 Å². The second-order valence-corrected chi connectivity index (χ2v) is 20.9. The van der Waals surface area contributed by atoms with Crippen LogP contribution >= 0.6 is 7.82 Å². The van der Waals surface area contributed by atoms with E-state index in [0.717, 1.165) is 83.5 Å². The molecule has 2 N–H and O–H groups in total. The smallest absolute Gasteiger partial charge is 0.456 e. The molecular weight excluding hydrogens is 880 g/mol. The lowest BCUT2D eigenvalue weighted by Crippen LogP contribution is -2.47. The Hall–Kier alpha value is -3.07. The van der Waals surface area contributed by atoms with Gasteiger partial charge in [0.1, 0.15) is 19.3 Å². The van der Waals surface area contributed by atoms with Crippen molar-refractivity contribution in [3.8, 4) is 0 Å². The van der Waals surface area contributed by atoms with Crippen molar-refractivity contribution in [2.75, 3.05) is 40.9 Å². The maximum absolute atomic E-state index is 13.5. The van der Waals surface area contributed by atoms with Gasteiger partial charge >= 0.3 is 13.8 Å². The molecule has 69 heavy (non-hydrogen) atoms. The van der Waals surface area contributed by atoms with Gasteiger partial charge in [-0.2, -0.15) is 0 Å². The lowest BCUT2D eigenvalue weighted by Gasteiger charge is -2.27. The highest BCUT2D eigenvalue weighted by Crippen LogP contribution is 2.43. The Balaban J connectivity index is 5.47. The number of carbonyl (C=O) groups is 2. The van der Waals surface area contributed by atoms with Gasteiger partial charge in [-0.3, -0.25) is 18.6 Å². The topological polar surface area (TPSA) is 111 Å². The summed E-state index contributed by atoms with van der Waals surface area (Å²) in [6.07, 6.45) is 64.1. The predicted molar refractivity (Wildman–Crippen MR) is 295 cm³/mol. The predicted octanol–water partition coefficient (Wildman–Crippen LogP) is 16.4. The maximum atomic E-state index is 13.5. The van der Waals surface area contributed by atoms with Gasteiger partial charge in [-0.15, -0.1) is 0 Å². The van der Waals surface area contributed by atoms with Crippen LogP contribution in [0.25, 0.3) is 0 Å². The van der Waals surface area contributed by atoms with Crippen LogP contribution in [0.1, 0.15) is 213 Å². The molecule has 0 bridgehead atoms. The number of amides is 1. The van der Waals surface area contributed by atoms with Crippen molar-refractivity contribution in [1.29, 1.82) is 0 Å². The van der Waals surface area contributed by atoms with E-state index in [2.05, 4.69) is 111 Å². The molecule has 0 spiro atoms. The van der Waals surface area contributed by atoms with Gasteiger partial charge in [-0.1, -0.05) is 208 Å². The van der Waals surface area contributed by atoms with E-state index in [1.807, 2.05) is 33.3 Å². The zero-order valence-corrected chi connectivity index (χ0v) is 45.9. The molecule has 0 aliphatic carbocycles. The summed E-state index contributed by atoms with van der Waals surface area (Å²) in [5, 5.41) is 3.02. The monoisotopic (exact) mass is 984 g/mol. The summed E-state index contributed by atoms with van der Waals surface area (Å²) in [6, 6.07) is -0.880. The van der Waals surface area contributed by atoms with Crippen molar-refractivity contribution < 1.29 is 37.3 Å². The van der Waals surface area contributed by atoms with Crippen molar-refractivity contribution in [3.05, 3.63) is 97.2 Å². The highest BCUT2D eigenvalue weighted by atomic mass is 31.2. The van der Waals surface area contributed by atoms with Crippen LogP contribution in [-0.2, 0) is 27.9 Å². The van der Waals surface area contributed by atoms with Crippen LogP contribution < -0.4 is 5.32 Å². The van der Waals surface area contributed by atoms with Crippen LogP contribution in [0, 0.1) is 0 Å². The molecule has 10 heteroatoms. The summed E-state index contributed by atoms with van der Waals surface area (Å²) in [5.74, 6) is -0.593. The SMILES string of the molecule is CC/C=C/C=C/C=C/CCCCCCCCCC(=O)NC(COP(=O)(O)OCC[N+](C)(C)C)C(/C=C/CCCCCCCCCCC)OC(=O)CCC/C=C\C/C=C\C/C=C\C/C=C\CCCCC. The average molecular weight is 984 g/mol. The highest BCUT2D eigenvalue weighted by molar-refractivity contribution is 7.47. The van der Waals surface area contributed by atoms with Crippen molar-refractivity contribution in [2.45, 2.75) is 226 Å². The summed E-state index contributed by atoms with van der Waals surface area (Å²) >= 11 is 0. The zero-order valence-electron chi connectivity index (χ0n) is 45.0. The fraction of sp³-hybridized carbons (Fsp3) is 0.695. The minimum Gasteiger partial charge on any atom is -0.456 e. The van der Waals surface area contributed by atoms with Gasteiger partial charge in [0.2, 0.25) is 5.91 Å². The molecule has 0 aliphatic heterocycles. The first-order valence-corrected chi connectivity index (χ1v) is 29.1. The second kappa shape index (κ2) is 48.6. The van der Waals surface area contributed by atoms with Gasteiger partial charge in [0, 0.05) is 12.8 Å². The van der Waals surface area contributed by atoms with E-state index in [9.17, 15) is 19.0 Å². The molecule has 0 saturated carbocycles. The van der Waals surface area contributed by atoms with E-state index < -0.39 is 20.0 Å². The summed E-state index contributed by atoms with van der Waals surface area (Å²) in [7, 11) is 1.44. The Morgan fingerprint density at radius 3 is 1.57 bits per heavy atom. The van der Waals surface area contributed by atoms with E-state index in [1.54, 1.807) is 0 Å². The highest BCUT2D eigenvalue weighted by Gasteiger charge is 2.30. The Morgan fingerprint density at radius 2 is 1.00 bits per heavy atom. The molecule has 396 valence electrons. The van der Waals surface area contributed by atoms with Crippen LogP contribution in [0.2, 0.25) is 0 Å². The number of likely N-dealkylation sites (N-methyl/N-ethyl adjacent to an activating group) is 1. The van der Waals surface area contributed by atoms with Crippen LogP contribution in [0.5, 0.6) is 0 Å². The Morgan fingerprint density at radius 1 is 0.536 bits per heavy atom. The molecule has 9 nitrogen and oxygen atoms in total. The molecule has 0 heterocycles. The first-order chi connectivity index (χ1) is 33.4. The van der Waals surface area contributed by atoms with Gasteiger partial charge in [-0.05, 0) is 89.5 Å². The zero-order chi connectivity index (χ0) is 50.8. The molecule has 0 aromatic carbocycles. The number of rotatable bonds is 48. The number of hydrogen-bond acceptors (Lipinski definition) is 6. The van der Waals surface area contributed by atoms with E-state index in [4.69, 9.17) is 13.8 Å². The quantitative estimate of drug-likeness (QED) is 0.0156. The van der Waals surface area contributed by atoms with Gasteiger partial charge in [0.25, 0.3) is 0 Å². The number of ether oxygens (including phenoxy) is 1. The Bertz CT molecular complexity index is 1510. The molecule has 3 atom stereocenters. The molecule has 0 aliphatic rings. The standard InChI is InChI=1S/C59H103N2O7P/c1-7-10-13-16-19-22-25-27-29-30-32-34-37-40-43-46-49-52-59(63)68-57(50-47-44-41-38-35-24-21-18-15-12-9-3)56(55-67-69(64,65)66-54-53-61(4,5)6)60-58(62)51-48-45-42-39-36-33-31-28-26-23-20-17-14-11-8-2/h11,14,17,19-20,22-23,26-27,29,32,34,40,43,47,50,56-57H,7-10,12-13,15-16,18,21,24-25,28,30-31,33,35-39,41-42,44-46,48-49,51-55H2,1-6H3,(H-,60,62,64,65)/p+1/b14-11+,20-17+,22-19-,26-23+,29-27-,34-32-,43-40-,50-47+. The summed E-state index contributed by atoms with van der Waals surface area (Å²) in [5.41, 5.74) is 0. The number of nitrogens with zero attached hydrogens (tertiary/aromatic N) is 1. The van der Waals surface area contributed by atoms with Gasteiger partial charge in [0.05, 0.1) is 33.8 Å². The lowest BCUT2D eigenvalue weighted by atomic mass is 10.1. The lowest BCUT2D eigenvalue weighted by molar-refractivity contribution is -0.870. The van der Waals surface area contributed by atoms with Crippen molar-refractivity contribution in [2.24, 2.45) is 0 Å². The minimum atomic E-state index is -4.46. The maximum Gasteiger partial charge on any atom is 0.472 e. The molecule has 0 fully saturated rings. The second-order valence-electron chi connectivity index (χ2n) is 19.4. The summed E-state index contributed by atoms with van der Waals surface area (Å²) in [4.78, 5) is 37.5. The van der Waals surface area contributed by atoms with Crippen LogP contribution in [0.3, 0.4) is 0 Å². The van der Waals surface area contributed by atoms with E-state index in [0.29, 0.717) is 23.9 Å². The van der Waals surface area contributed by atoms with Gasteiger partial charge < -0.3 is 19.4 Å². The number of carbonyl (C=O) groups excluding carboxylic acids is 2. The first kappa shape index (κ1) is 65.9. The normalized spacial score (nSPS) is 14.6. The number of nitrogens with one attached hydrogen (secondary N) is 1. The molecule has 3 unspecified atom stereocenters. The van der Waals surface area contributed by atoms with Crippen LogP contribution in [0.15, 0.2) is 97.2 Å². The van der Waals surface area contributed by atoms with Crippen molar-refractivity contribution in [1.82, 2.24) is 5.32 Å². The Labute approximate surface area is 424 Å². The molecule has 0 aromatic heterocycles. The largest absolute Gasteiger partial charge is 0.472 e. The third kappa shape index (κ3) is 49.7. The van der Waals surface area contributed by atoms with E-state index in [-0.39, 0.29) is 31.5 Å². The molecule has 0 rings (SSSR count). The van der Waals surface area contributed by atoms with Crippen molar-refractivity contribution >= 4 is 19.7 Å². The van der Waals surface area contributed by atoms with Gasteiger partial charge in [-0.25, -0.2) is 4.57 Å². The van der Waals surface area contributed by atoms with Crippen molar-refractivity contribution in [3.63, 3.8) is 0 Å². The number of phosphoric acid groups is 1. The van der Waals surface area contributed by atoms with Crippen LogP contribution in [-0.4, -0.2) is 74.3 Å². The number of phosphoric ester groups is 1. The molecule has 1 amide bonds. The number of unbranched alkanes of at least 4 members (excludes halogenated alkanes) is 20. The summed E-state index contributed by atoms with van der Waals surface area (Å²) < 4.78 is 30.5. The number of esters is 1. The van der Waals surface area contributed by atoms with E-state index >= 15 is 0 Å². The third-order valence-corrected chi connectivity index (χ3v) is 12.6. The third-order valence-electron chi connectivity index (χ3n) is 11.6. The number of quaternary nitrogens is 1. The molecule has 0 radical (unpaired) electrons. The fourth-order valence-corrected chi connectivity index (χ4v) is 8.02. The van der Waals surface area contributed by atoms with Gasteiger partial charge in [0.15, 0.2) is 0 Å². The fourth-order valence-electron chi connectivity index (χ4n) is 7.28. The Kier molecular flexibility index (Phi) is 46.4. The number of hydrogen-bond donors (Lipinski definition) is 2. The summed E-state index contributed by atoms with van der Waals surface area (Å²) in [6.45, 7) is 6.77.